The van der Waals surface area contributed by atoms with E-state index < -0.39 is 35.8 Å². The smallest absolute Gasteiger partial charge is 0.250 e. The maximum Gasteiger partial charge on any atom is 0.250 e. The van der Waals surface area contributed by atoms with E-state index in [0.717, 1.165) is 12.1 Å². The van der Waals surface area contributed by atoms with Crippen LogP contribution in [0.15, 0.2) is 12.1 Å². The summed E-state index contributed by atoms with van der Waals surface area (Å²) < 4.78 is 53.3. The Labute approximate surface area is 96.6 Å². The number of hydrogen-bond donors (Lipinski definition) is 1. The van der Waals surface area contributed by atoms with Gasteiger partial charge in [0.15, 0.2) is 0 Å². The number of alkyl halides is 2. The van der Waals surface area contributed by atoms with Crippen molar-refractivity contribution in [1.29, 1.82) is 0 Å². The number of halogens is 4. The van der Waals surface area contributed by atoms with E-state index >= 15 is 0 Å². The zero-order chi connectivity index (χ0) is 12.8. The number of aryl methyl sites for hydroxylation is 1. The number of rotatable bonds is 2. The van der Waals surface area contributed by atoms with Gasteiger partial charge in [0.1, 0.15) is 11.6 Å². The highest BCUT2D eigenvalue weighted by molar-refractivity contribution is 5.36. The molecule has 5 heteroatoms. The van der Waals surface area contributed by atoms with E-state index in [9.17, 15) is 17.6 Å². The molecule has 94 valence electrons. The predicted octanol–water partition coefficient (Wildman–Crippen LogP) is 2.90. The highest BCUT2D eigenvalue weighted by Gasteiger charge is 2.58. The highest BCUT2D eigenvalue weighted by Crippen LogP contribution is 2.53. The van der Waals surface area contributed by atoms with E-state index in [1.54, 1.807) is 6.92 Å². The predicted molar refractivity (Wildman–Crippen MR) is 56.0 cm³/mol. The van der Waals surface area contributed by atoms with Crippen LogP contribution in [0.1, 0.15) is 24.0 Å². The lowest BCUT2D eigenvalue weighted by molar-refractivity contribution is -0.125. The summed E-state index contributed by atoms with van der Waals surface area (Å²) in [5.74, 6) is -4.45. The molecule has 0 aromatic heterocycles. The van der Waals surface area contributed by atoms with E-state index in [4.69, 9.17) is 5.73 Å². The second kappa shape index (κ2) is 3.70. The van der Waals surface area contributed by atoms with Crippen molar-refractivity contribution in [3.8, 4) is 0 Å². The standard InChI is InChI=1S/C12H13F4N/c1-7-2-8(13)10(9(14)3-7)11(6-17)4-12(15,16)5-11/h2-3H,4-6,17H2,1H3. The second-order valence-corrected chi connectivity index (χ2v) is 4.80. The third-order valence-electron chi connectivity index (χ3n) is 3.30. The van der Waals surface area contributed by atoms with E-state index in [0.29, 0.717) is 5.56 Å². The Morgan fingerprint density at radius 3 is 2.00 bits per heavy atom. The van der Waals surface area contributed by atoms with Gasteiger partial charge in [-0.25, -0.2) is 17.6 Å². The first-order valence-electron chi connectivity index (χ1n) is 5.34. The molecule has 0 radical (unpaired) electrons. The Balaban J connectivity index is 2.47. The molecule has 0 aliphatic heterocycles. The lowest BCUT2D eigenvalue weighted by Crippen LogP contribution is -2.54. The largest absolute Gasteiger partial charge is 0.330 e. The van der Waals surface area contributed by atoms with Gasteiger partial charge in [0.25, 0.3) is 0 Å². The van der Waals surface area contributed by atoms with Crippen LogP contribution < -0.4 is 5.73 Å². The summed E-state index contributed by atoms with van der Waals surface area (Å²) in [6, 6.07) is 2.29. The molecule has 0 unspecified atom stereocenters. The summed E-state index contributed by atoms with van der Waals surface area (Å²) in [5.41, 5.74) is 4.30. The summed E-state index contributed by atoms with van der Waals surface area (Å²) in [6.07, 6.45) is -1.18. The lowest BCUT2D eigenvalue weighted by Gasteiger charge is -2.47. The third kappa shape index (κ3) is 1.92. The van der Waals surface area contributed by atoms with Crippen LogP contribution in [0.5, 0.6) is 0 Å². The fraction of sp³-hybridized carbons (Fsp3) is 0.500. The van der Waals surface area contributed by atoms with E-state index in [1.807, 2.05) is 0 Å². The fourth-order valence-corrected chi connectivity index (χ4v) is 2.57. The van der Waals surface area contributed by atoms with Crippen molar-refractivity contribution in [2.45, 2.75) is 31.1 Å². The molecule has 1 aromatic carbocycles. The number of benzene rings is 1. The van der Waals surface area contributed by atoms with Crippen LogP contribution >= 0.6 is 0 Å². The van der Waals surface area contributed by atoms with Gasteiger partial charge in [-0.2, -0.15) is 0 Å². The molecule has 0 bridgehead atoms. The average molecular weight is 247 g/mol. The average Bonchev–Trinajstić information content (AvgIpc) is 2.12. The molecular formula is C12H13F4N. The second-order valence-electron chi connectivity index (χ2n) is 4.80. The van der Waals surface area contributed by atoms with E-state index in [-0.39, 0.29) is 12.1 Å². The quantitative estimate of drug-likeness (QED) is 0.799. The molecule has 1 saturated carbocycles. The Morgan fingerprint density at radius 2 is 1.65 bits per heavy atom. The molecule has 0 saturated heterocycles. The Morgan fingerprint density at radius 1 is 1.18 bits per heavy atom. The molecule has 17 heavy (non-hydrogen) atoms. The van der Waals surface area contributed by atoms with Crippen LogP contribution in [0, 0.1) is 18.6 Å². The maximum atomic E-state index is 13.7. The zero-order valence-corrected chi connectivity index (χ0v) is 9.37. The SMILES string of the molecule is Cc1cc(F)c(C2(CN)CC(F)(F)C2)c(F)c1. The van der Waals surface area contributed by atoms with Crippen molar-refractivity contribution in [2.75, 3.05) is 6.54 Å². The minimum absolute atomic E-state index is 0.181. The number of hydrogen-bond acceptors (Lipinski definition) is 1. The van der Waals surface area contributed by atoms with E-state index in [1.165, 1.54) is 0 Å². The third-order valence-corrected chi connectivity index (χ3v) is 3.30. The lowest BCUT2D eigenvalue weighted by atomic mass is 9.61. The van der Waals surface area contributed by atoms with Gasteiger partial charge in [-0.1, -0.05) is 0 Å². The van der Waals surface area contributed by atoms with Crippen molar-refractivity contribution in [2.24, 2.45) is 5.73 Å². The molecule has 0 spiro atoms. The van der Waals surface area contributed by atoms with Crippen LogP contribution in [-0.2, 0) is 5.41 Å². The summed E-state index contributed by atoms with van der Waals surface area (Å²) in [7, 11) is 0. The topological polar surface area (TPSA) is 26.0 Å². The first-order valence-corrected chi connectivity index (χ1v) is 5.34. The van der Waals surface area contributed by atoms with Gasteiger partial charge >= 0.3 is 0 Å². The summed E-state index contributed by atoms with van der Waals surface area (Å²) in [5, 5.41) is 0. The van der Waals surface area contributed by atoms with Gasteiger partial charge < -0.3 is 5.73 Å². The Hall–Kier alpha value is -1.10. The minimum atomic E-state index is -2.87. The minimum Gasteiger partial charge on any atom is -0.330 e. The Bertz CT molecular complexity index is 425. The Kier molecular flexibility index (Phi) is 2.69. The molecule has 1 aliphatic carbocycles. The van der Waals surface area contributed by atoms with Crippen LogP contribution in [-0.4, -0.2) is 12.5 Å². The van der Waals surface area contributed by atoms with Gasteiger partial charge in [-0.3, -0.25) is 0 Å². The molecule has 1 aromatic rings. The molecule has 2 N–H and O–H groups in total. The maximum absolute atomic E-state index is 13.7. The molecule has 0 heterocycles. The molecule has 0 atom stereocenters. The van der Waals surface area contributed by atoms with Crippen molar-refractivity contribution in [3.05, 3.63) is 34.9 Å². The van der Waals surface area contributed by atoms with Crippen molar-refractivity contribution >= 4 is 0 Å². The van der Waals surface area contributed by atoms with Gasteiger partial charge in [-0.05, 0) is 24.6 Å². The zero-order valence-electron chi connectivity index (χ0n) is 9.37. The first kappa shape index (κ1) is 12.4. The normalized spacial score (nSPS) is 21.1. The molecule has 0 amide bonds. The van der Waals surface area contributed by atoms with Crippen molar-refractivity contribution in [3.63, 3.8) is 0 Å². The number of nitrogens with two attached hydrogens (primary N) is 1. The molecule has 1 fully saturated rings. The van der Waals surface area contributed by atoms with Gasteiger partial charge in [-0.15, -0.1) is 0 Å². The molecule has 1 aliphatic rings. The fourth-order valence-electron chi connectivity index (χ4n) is 2.57. The van der Waals surface area contributed by atoms with Gasteiger partial charge in [0.2, 0.25) is 5.92 Å². The van der Waals surface area contributed by atoms with Gasteiger partial charge in [0, 0.05) is 30.4 Å². The first-order chi connectivity index (χ1) is 7.80. The molecular weight excluding hydrogens is 234 g/mol. The van der Waals surface area contributed by atoms with Crippen LogP contribution in [0.2, 0.25) is 0 Å². The summed E-state index contributed by atoms with van der Waals surface area (Å²) in [6.45, 7) is 1.36. The van der Waals surface area contributed by atoms with Crippen LogP contribution in [0.3, 0.4) is 0 Å². The summed E-state index contributed by atoms with van der Waals surface area (Å²) >= 11 is 0. The molecule has 2 rings (SSSR count). The molecule has 1 nitrogen and oxygen atoms in total. The summed E-state index contributed by atoms with van der Waals surface area (Å²) in [4.78, 5) is 0. The van der Waals surface area contributed by atoms with Crippen LogP contribution in [0.4, 0.5) is 17.6 Å². The van der Waals surface area contributed by atoms with Gasteiger partial charge in [0.05, 0.1) is 0 Å². The van der Waals surface area contributed by atoms with E-state index in [2.05, 4.69) is 0 Å². The highest BCUT2D eigenvalue weighted by atomic mass is 19.3. The van der Waals surface area contributed by atoms with Crippen molar-refractivity contribution in [1.82, 2.24) is 0 Å². The monoisotopic (exact) mass is 247 g/mol. The van der Waals surface area contributed by atoms with Crippen molar-refractivity contribution < 1.29 is 17.6 Å². The van der Waals surface area contributed by atoms with Crippen LogP contribution in [0.25, 0.3) is 0 Å².